The van der Waals surface area contributed by atoms with Crippen LogP contribution in [-0.2, 0) is 51.1 Å². The maximum Gasteiger partial charge on any atom is 0.311 e. The first-order chi connectivity index (χ1) is 36.3. The molecule has 19 atom stereocenters. The summed E-state index contributed by atoms with van der Waals surface area (Å²) in [5.74, 6) is -1.50. The number of rotatable bonds is 18. The van der Waals surface area contributed by atoms with Gasteiger partial charge in [-0.2, -0.15) is 0 Å². The molecule has 1 unspecified atom stereocenters. The summed E-state index contributed by atoms with van der Waals surface area (Å²) in [6, 6.07) is 7.03. The van der Waals surface area contributed by atoms with E-state index in [0.717, 1.165) is 29.2 Å². The summed E-state index contributed by atoms with van der Waals surface area (Å²) in [6.45, 7) is 19.5. The largest absolute Gasteiger partial charge is 0.459 e. The van der Waals surface area contributed by atoms with Gasteiger partial charge in [-0.05, 0) is 113 Å². The van der Waals surface area contributed by atoms with Gasteiger partial charge in [0.1, 0.15) is 35.7 Å². The van der Waals surface area contributed by atoms with Crippen molar-refractivity contribution in [1.82, 2.24) is 30.1 Å². The number of amides is 1. The topological polar surface area (TPSA) is 240 Å². The highest BCUT2D eigenvalue weighted by Gasteiger charge is 2.53. The van der Waals surface area contributed by atoms with Crippen molar-refractivity contribution < 1.29 is 63.5 Å². The fraction of sp³-hybridized carbons (Fsp3) is 0.821. The second-order valence-electron chi connectivity index (χ2n) is 23.6. The van der Waals surface area contributed by atoms with Crippen LogP contribution in [0.25, 0.3) is 11.3 Å². The summed E-state index contributed by atoms with van der Waals surface area (Å²) >= 11 is 0. The third-order valence-electron chi connectivity index (χ3n) is 16.9. The van der Waals surface area contributed by atoms with Gasteiger partial charge in [-0.1, -0.05) is 78.3 Å². The lowest BCUT2D eigenvalue weighted by atomic mass is 9.77. The Morgan fingerprint density at radius 1 is 0.987 bits per heavy atom. The molecule has 0 bridgehead atoms. The Hall–Kier alpha value is -2.48. The van der Waals surface area contributed by atoms with Crippen molar-refractivity contribution in [3.8, 4) is 11.3 Å². The molecule has 4 aliphatic heterocycles. The molecule has 1 amide bonds. The smallest absolute Gasteiger partial charge is 0.311 e. The van der Waals surface area contributed by atoms with Crippen LogP contribution >= 0.6 is 21.6 Å². The summed E-state index contributed by atoms with van der Waals surface area (Å²) in [5.41, 5.74) is -1.93. The molecule has 19 nitrogen and oxygen atoms in total. The Balaban J connectivity index is 1.18. The number of benzene rings is 1. The van der Waals surface area contributed by atoms with E-state index in [-0.39, 0.29) is 37.2 Å². The van der Waals surface area contributed by atoms with Gasteiger partial charge in [0, 0.05) is 74.2 Å². The highest BCUT2D eigenvalue weighted by Crippen LogP contribution is 2.42. The first-order valence-electron chi connectivity index (χ1n) is 28.1. The molecule has 438 valence electrons. The third-order valence-corrected chi connectivity index (χ3v) is 19.9. The zero-order valence-electron chi connectivity index (χ0n) is 48.1. The lowest BCUT2D eigenvalue weighted by Crippen LogP contribution is -2.60. The average molecular weight is 1120 g/mol. The number of carbonyl (C=O) groups is 2. The minimum absolute atomic E-state index is 0.0621. The lowest BCUT2D eigenvalue weighted by molar-refractivity contribution is -0.318. The molecule has 21 heteroatoms. The molecule has 1 aromatic carbocycles. The van der Waals surface area contributed by atoms with Gasteiger partial charge in [0.2, 0.25) is 5.91 Å². The van der Waals surface area contributed by atoms with E-state index in [2.05, 4.69) is 20.5 Å². The average Bonchev–Trinajstić information content (AvgIpc) is 4.10. The van der Waals surface area contributed by atoms with E-state index in [9.17, 15) is 35.1 Å². The van der Waals surface area contributed by atoms with Crippen molar-refractivity contribution >= 4 is 33.5 Å². The number of nitrogens with one attached hydrogen (secondary N) is 1. The number of hydrogen-bond acceptors (Lipinski definition) is 19. The molecule has 0 saturated carbocycles. The van der Waals surface area contributed by atoms with Crippen molar-refractivity contribution in [1.29, 1.82) is 0 Å². The molecular weight excluding hydrogens is 1030 g/mol. The van der Waals surface area contributed by atoms with Gasteiger partial charge in [-0.3, -0.25) is 19.2 Å². The van der Waals surface area contributed by atoms with Gasteiger partial charge in [0.15, 0.2) is 12.6 Å². The number of carbonyl (C=O) groups excluding carboxylic acids is 2. The third kappa shape index (κ3) is 16.4. The molecule has 2 aromatic rings. The summed E-state index contributed by atoms with van der Waals surface area (Å²) in [6.07, 6.45) is -2.26. The Bertz CT molecular complexity index is 2150. The van der Waals surface area contributed by atoms with Gasteiger partial charge in [0.05, 0.1) is 54.3 Å². The molecule has 6 N–H and O–H groups in total. The number of esters is 1. The van der Waals surface area contributed by atoms with Crippen LogP contribution in [0.2, 0.25) is 0 Å². The van der Waals surface area contributed by atoms with E-state index < -0.39 is 102 Å². The van der Waals surface area contributed by atoms with Gasteiger partial charge >= 0.3 is 5.97 Å². The fourth-order valence-electron chi connectivity index (χ4n) is 12.0. The first kappa shape index (κ1) is 63.7. The molecule has 0 aliphatic carbocycles. The van der Waals surface area contributed by atoms with Crippen molar-refractivity contribution in [3.05, 3.63) is 36.0 Å². The highest BCUT2D eigenvalue weighted by atomic mass is 33.1. The summed E-state index contributed by atoms with van der Waals surface area (Å²) in [7, 11) is 9.23. The molecule has 4 aliphatic rings. The van der Waals surface area contributed by atoms with Crippen LogP contribution in [0.1, 0.15) is 133 Å². The predicted molar refractivity (Wildman–Crippen MR) is 297 cm³/mol. The number of methoxy groups -OCH3 is 1. The van der Waals surface area contributed by atoms with Gasteiger partial charge in [-0.25, -0.2) is 0 Å². The number of aliphatic hydroxyl groups excluding tert-OH is 3. The summed E-state index contributed by atoms with van der Waals surface area (Å²) < 4.78 is 40.2. The molecule has 0 spiro atoms. The van der Waals surface area contributed by atoms with E-state index >= 15 is 0 Å². The number of cyclic esters (lactones) is 1. The number of unbranched alkanes of at least 4 members (excludes halogenated alkanes) is 1. The van der Waals surface area contributed by atoms with Crippen LogP contribution in [0.5, 0.6) is 0 Å². The molecule has 77 heavy (non-hydrogen) atoms. The quantitative estimate of drug-likeness (QED) is 0.0609. The first-order valence-corrected chi connectivity index (χ1v) is 30.5. The van der Waals surface area contributed by atoms with Gasteiger partial charge in [-0.15, -0.1) is 5.10 Å². The van der Waals surface area contributed by atoms with Crippen molar-refractivity contribution in [2.75, 3.05) is 40.0 Å². The predicted octanol–water partition coefficient (Wildman–Crippen LogP) is 5.56. The molecule has 1 aromatic heterocycles. The molecule has 5 heterocycles. The lowest BCUT2D eigenvalue weighted by Gasteiger charge is -2.49. The minimum atomic E-state index is -1.84. The Labute approximate surface area is 465 Å². The van der Waals surface area contributed by atoms with Crippen molar-refractivity contribution in [2.45, 2.75) is 236 Å². The number of likely N-dealkylation sites (N-methyl/N-ethyl adjacent to an activating group) is 2. The second kappa shape index (κ2) is 28.0. The Morgan fingerprint density at radius 2 is 1.70 bits per heavy atom. The van der Waals surface area contributed by atoms with Crippen LogP contribution in [0.15, 0.2) is 30.5 Å². The van der Waals surface area contributed by atoms with E-state index in [1.165, 1.54) is 32.6 Å². The minimum Gasteiger partial charge on any atom is -0.459 e. The van der Waals surface area contributed by atoms with Gasteiger partial charge in [0.25, 0.3) is 0 Å². The zero-order chi connectivity index (χ0) is 56.6. The van der Waals surface area contributed by atoms with E-state index in [1.54, 1.807) is 46.2 Å². The monoisotopic (exact) mass is 1120 g/mol. The number of hydrogen-bond donors (Lipinski definition) is 6. The normalized spacial score (nSPS) is 39.2. The number of ether oxygens (including phenoxy) is 6. The molecule has 0 radical (unpaired) electrons. The molecule has 4 fully saturated rings. The van der Waals surface area contributed by atoms with Crippen molar-refractivity contribution in [2.24, 2.45) is 17.8 Å². The SMILES string of the molecule is CC[C@@H]1OC(=O)[C@@H](C)[C@H](O[C@H]2C[C@@](C)(OC)[C@@H](O)[C@H](C)O2)[C@@H](C)[C@H](O[C@H]2O[C@@H](C)C[C@@H](N(C)Cc3ccc(-c4cn(CCNC(=O)CCCC[C@H]5CCSS5)nn4)cc3)[C@@H]2O)C(C)(O)C[C@H](C)CN(C)[C@@H](C)[C@H](O)[C@@]1(C)O. The second-order valence-corrected chi connectivity index (χ2v) is 26.4. The van der Waals surface area contributed by atoms with Crippen LogP contribution in [-0.4, -0.2) is 198 Å². The highest BCUT2D eigenvalue weighted by molar-refractivity contribution is 8.77. The van der Waals surface area contributed by atoms with Crippen molar-refractivity contribution in [3.63, 3.8) is 0 Å². The van der Waals surface area contributed by atoms with Crippen LogP contribution < -0.4 is 5.32 Å². The van der Waals surface area contributed by atoms with Crippen LogP contribution in [0, 0.1) is 17.8 Å². The molecule has 4 saturated heterocycles. The van der Waals surface area contributed by atoms with E-state index in [4.69, 9.17) is 28.4 Å². The molecule has 6 rings (SSSR count). The number of aromatic nitrogens is 3. The number of nitrogens with zero attached hydrogens (tertiary/aromatic N) is 5. The standard InChI is InChI=1S/C56H94N6O13S2/c1-14-44-56(10,69)49(65)37(6)60(11)30-33(2)28-54(8,68)51(35(4)48(36(5)52(67)73-44)74-46-29-55(9,70-13)50(66)38(7)72-46)75-53-47(64)43(27-34(3)71-53)61(12)31-39-19-21-40(22-20-39)42-32-62(59-58-42)25-24-57-45(63)18-16-15-17-41-23-26-76-77-41/h19-22,32-38,41,43-44,46-51,53,64-66,68-69H,14-18,23-31H2,1-13H3,(H,57,63)/t33-,34-,35+,36-,37-,38-,41-,43+,44-,46-,47-,48+,49-,50-,51-,53+,54?,55+,56-/m0/s1. The maximum absolute atomic E-state index is 14.5. The number of aliphatic hydroxyl groups is 5. The van der Waals surface area contributed by atoms with E-state index in [1.807, 2.05) is 91.8 Å². The van der Waals surface area contributed by atoms with Crippen LogP contribution in [0.3, 0.4) is 0 Å². The summed E-state index contributed by atoms with van der Waals surface area (Å²) in [4.78, 5) is 31.0. The Morgan fingerprint density at radius 3 is 2.36 bits per heavy atom. The van der Waals surface area contributed by atoms with E-state index in [0.29, 0.717) is 44.7 Å². The fourth-order valence-corrected chi connectivity index (χ4v) is 15.0. The maximum atomic E-state index is 14.5. The van der Waals surface area contributed by atoms with Gasteiger partial charge < -0.3 is 64.2 Å². The van der Waals surface area contributed by atoms with Crippen LogP contribution in [0.4, 0.5) is 0 Å². The zero-order valence-corrected chi connectivity index (χ0v) is 49.7. The Kier molecular flexibility index (Phi) is 23.2. The summed E-state index contributed by atoms with van der Waals surface area (Å²) in [5, 5.41) is 72.4. The molecular formula is C56H94N6O13S2.